The van der Waals surface area contributed by atoms with Gasteiger partial charge in [-0.25, -0.2) is 0 Å². The predicted octanol–water partition coefficient (Wildman–Crippen LogP) is 3.66. The van der Waals surface area contributed by atoms with Crippen molar-refractivity contribution >= 4 is 0 Å². The third-order valence-corrected chi connectivity index (χ3v) is 4.48. The summed E-state index contributed by atoms with van der Waals surface area (Å²) in [6, 6.07) is 6.87. The largest absolute Gasteiger partial charge is 0.492 e. The van der Waals surface area contributed by atoms with Crippen LogP contribution in [0, 0.1) is 30.6 Å². The number of hydrogen-bond donors (Lipinski definition) is 1. The van der Waals surface area contributed by atoms with Crippen LogP contribution in [-0.4, -0.2) is 12.6 Å². The van der Waals surface area contributed by atoms with E-state index in [1.165, 1.54) is 16.7 Å². The monoisotopic (exact) mass is 286 g/mol. The van der Waals surface area contributed by atoms with E-state index >= 15 is 0 Å². The first-order valence-electron chi connectivity index (χ1n) is 7.85. The average molecular weight is 286 g/mol. The molecule has 1 fully saturated rings. The highest BCUT2D eigenvalue weighted by Gasteiger charge is 2.43. The van der Waals surface area contributed by atoms with Crippen LogP contribution in [0.3, 0.4) is 0 Å². The minimum atomic E-state index is 0.122. The Balaban J connectivity index is 2.05. The normalized spacial score (nSPS) is 17.1. The topological polar surface area (TPSA) is 59.0 Å². The van der Waals surface area contributed by atoms with E-state index in [9.17, 15) is 0 Å². The van der Waals surface area contributed by atoms with Crippen LogP contribution >= 0.6 is 0 Å². The molecule has 0 radical (unpaired) electrons. The van der Waals surface area contributed by atoms with E-state index < -0.39 is 0 Å². The fourth-order valence-electron chi connectivity index (χ4n) is 2.77. The predicted molar refractivity (Wildman–Crippen MR) is 85.3 cm³/mol. The quantitative estimate of drug-likeness (QED) is 0.832. The van der Waals surface area contributed by atoms with Crippen LogP contribution in [-0.2, 0) is 6.42 Å². The lowest BCUT2D eigenvalue weighted by molar-refractivity contribution is 0.234. The zero-order valence-electron chi connectivity index (χ0n) is 13.4. The molecule has 114 valence electrons. The Hall–Kier alpha value is -1.53. The standard InChI is InChI=1S/C18H26N2O/c1-4-16(20)11-15-9-13(2)17(14(3)10-15)21-12-18(5-6-18)7-8-19/h9-10,16H,4-7,11-12,20H2,1-3H3. The molecule has 1 aromatic rings. The van der Waals surface area contributed by atoms with E-state index in [1.807, 2.05) is 0 Å². The van der Waals surface area contributed by atoms with E-state index in [0.717, 1.165) is 31.4 Å². The zero-order valence-corrected chi connectivity index (χ0v) is 13.4. The molecule has 0 saturated heterocycles. The summed E-state index contributed by atoms with van der Waals surface area (Å²) in [5.74, 6) is 0.980. The number of nitrogens with zero attached hydrogens (tertiary/aromatic N) is 1. The summed E-state index contributed by atoms with van der Waals surface area (Å²) in [6.45, 7) is 6.96. The number of rotatable bonds is 7. The van der Waals surface area contributed by atoms with Crippen molar-refractivity contribution in [3.63, 3.8) is 0 Å². The van der Waals surface area contributed by atoms with Crippen molar-refractivity contribution in [2.24, 2.45) is 11.1 Å². The van der Waals surface area contributed by atoms with Gasteiger partial charge in [-0.15, -0.1) is 0 Å². The molecule has 1 aliphatic rings. The van der Waals surface area contributed by atoms with Crippen LogP contribution < -0.4 is 10.5 Å². The molecular weight excluding hydrogens is 260 g/mol. The van der Waals surface area contributed by atoms with Gasteiger partial charge in [-0.3, -0.25) is 0 Å². The molecule has 1 aromatic carbocycles. The summed E-state index contributed by atoms with van der Waals surface area (Å²) in [4.78, 5) is 0. The third kappa shape index (κ3) is 3.98. The van der Waals surface area contributed by atoms with Crippen LogP contribution in [0.25, 0.3) is 0 Å². The molecule has 1 aliphatic carbocycles. The Labute approximate surface area is 128 Å². The highest BCUT2D eigenvalue weighted by molar-refractivity contribution is 5.43. The number of nitrogens with two attached hydrogens (primary N) is 1. The summed E-state index contributed by atoms with van der Waals surface area (Å²) in [6.07, 6.45) is 4.74. The maximum atomic E-state index is 8.87. The molecule has 1 unspecified atom stereocenters. The van der Waals surface area contributed by atoms with Crippen LogP contribution in [0.4, 0.5) is 0 Å². The first-order valence-corrected chi connectivity index (χ1v) is 7.85. The van der Waals surface area contributed by atoms with Gasteiger partial charge >= 0.3 is 0 Å². The van der Waals surface area contributed by atoms with Crippen molar-refractivity contribution in [1.29, 1.82) is 5.26 Å². The third-order valence-electron chi connectivity index (χ3n) is 4.48. The van der Waals surface area contributed by atoms with Crippen LogP contribution in [0.5, 0.6) is 5.75 Å². The van der Waals surface area contributed by atoms with Crippen molar-refractivity contribution in [3.8, 4) is 11.8 Å². The number of benzene rings is 1. The highest BCUT2D eigenvalue weighted by atomic mass is 16.5. The van der Waals surface area contributed by atoms with Crippen molar-refractivity contribution in [3.05, 3.63) is 28.8 Å². The molecule has 0 bridgehead atoms. The summed E-state index contributed by atoms with van der Waals surface area (Å²) in [7, 11) is 0. The van der Waals surface area contributed by atoms with Crippen LogP contribution in [0.1, 0.15) is 49.3 Å². The van der Waals surface area contributed by atoms with Gasteiger partial charge in [0.25, 0.3) is 0 Å². The minimum Gasteiger partial charge on any atom is -0.492 e. The fourth-order valence-corrected chi connectivity index (χ4v) is 2.77. The van der Waals surface area contributed by atoms with E-state index in [-0.39, 0.29) is 11.5 Å². The SMILES string of the molecule is CCC(N)Cc1cc(C)c(OCC2(CC#N)CC2)c(C)c1. The maximum Gasteiger partial charge on any atom is 0.125 e. The fraction of sp³-hybridized carbons (Fsp3) is 0.611. The molecule has 1 saturated carbocycles. The van der Waals surface area contributed by atoms with Crippen molar-refractivity contribution in [1.82, 2.24) is 0 Å². The summed E-state index contributed by atoms with van der Waals surface area (Å²) < 4.78 is 6.05. The van der Waals surface area contributed by atoms with Crippen LogP contribution in [0.2, 0.25) is 0 Å². The Morgan fingerprint density at radius 3 is 2.43 bits per heavy atom. The molecule has 3 heteroatoms. The highest BCUT2D eigenvalue weighted by Crippen LogP contribution is 2.49. The first-order chi connectivity index (χ1) is 9.99. The molecular formula is C18H26N2O. The van der Waals surface area contributed by atoms with Gasteiger partial charge in [0.2, 0.25) is 0 Å². The summed E-state index contributed by atoms with van der Waals surface area (Å²) in [5.41, 5.74) is 9.78. The van der Waals surface area contributed by atoms with Gasteiger partial charge in [-0.2, -0.15) is 5.26 Å². The van der Waals surface area contributed by atoms with Crippen molar-refractivity contribution < 1.29 is 4.74 Å². The Bertz CT molecular complexity index is 518. The number of nitriles is 1. The maximum absolute atomic E-state index is 8.87. The number of aryl methyl sites for hydroxylation is 2. The molecule has 0 amide bonds. The lowest BCUT2D eigenvalue weighted by Crippen LogP contribution is -2.21. The molecule has 2 rings (SSSR count). The molecule has 0 aromatic heterocycles. The van der Waals surface area contributed by atoms with Crippen molar-refractivity contribution in [2.75, 3.05) is 6.61 Å². The molecule has 0 spiro atoms. The average Bonchev–Trinajstić information content (AvgIpc) is 3.18. The summed E-state index contributed by atoms with van der Waals surface area (Å²) in [5, 5.41) is 8.87. The molecule has 0 heterocycles. The van der Waals surface area contributed by atoms with Crippen molar-refractivity contribution in [2.45, 2.75) is 58.9 Å². The molecule has 21 heavy (non-hydrogen) atoms. The second-order valence-electron chi connectivity index (χ2n) is 6.55. The zero-order chi connectivity index (χ0) is 15.5. The van der Waals surface area contributed by atoms with Gasteiger partial charge in [0.05, 0.1) is 12.7 Å². The molecule has 0 aliphatic heterocycles. The lowest BCUT2D eigenvalue weighted by atomic mass is 9.99. The van der Waals surface area contributed by atoms with E-state index in [4.69, 9.17) is 15.7 Å². The molecule has 1 atom stereocenters. The van der Waals surface area contributed by atoms with Gasteiger partial charge < -0.3 is 10.5 Å². The second-order valence-corrected chi connectivity index (χ2v) is 6.55. The van der Waals surface area contributed by atoms with Gasteiger partial charge in [-0.05, 0) is 56.2 Å². The van der Waals surface area contributed by atoms with Crippen LogP contribution in [0.15, 0.2) is 12.1 Å². The van der Waals surface area contributed by atoms with Gasteiger partial charge in [0.15, 0.2) is 0 Å². The Kier molecular flexibility index (Phi) is 4.90. The Morgan fingerprint density at radius 1 is 1.33 bits per heavy atom. The molecule has 2 N–H and O–H groups in total. The van der Waals surface area contributed by atoms with Gasteiger partial charge in [-0.1, -0.05) is 19.1 Å². The van der Waals surface area contributed by atoms with E-state index in [1.54, 1.807) is 0 Å². The van der Waals surface area contributed by atoms with E-state index in [0.29, 0.717) is 13.0 Å². The Morgan fingerprint density at radius 2 is 1.95 bits per heavy atom. The van der Waals surface area contributed by atoms with Gasteiger partial charge in [0, 0.05) is 17.9 Å². The van der Waals surface area contributed by atoms with E-state index in [2.05, 4.69) is 39.0 Å². The van der Waals surface area contributed by atoms with Gasteiger partial charge in [0.1, 0.15) is 5.75 Å². The number of hydrogen-bond acceptors (Lipinski definition) is 3. The first kappa shape index (κ1) is 15.9. The number of ether oxygens (including phenoxy) is 1. The molecule has 3 nitrogen and oxygen atoms in total. The lowest BCUT2D eigenvalue weighted by Gasteiger charge is -2.18. The summed E-state index contributed by atoms with van der Waals surface area (Å²) >= 11 is 0. The smallest absolute Gasteiger partial charge is 0.125 e. The minimum absolute atomic E-state index is 0.122. The second kappa shape index (κ2) is 6.49.